The van der Waals surface area contributed by atoms with E-state index in [0.717, 1.165) is 0 Å². The van der Waals surface area contributed by atoms with Crippen molar-refractivity contribution in [2.45, 2.75) is 6.92 Å². The molecule has 2 aromatic heterocycles. The predicted molar refractivity (Wildman–Crippen MR) is 53.2 cm³/mol. The van der Waals surface area contributed by atoms with Crippen molar-refractivity contribution in [2.24, 2.45) is 0 Å². The topological polar surface area (TPSA) is 98.4 Å². The van der Waals surface area contributed by atoms with Crippen molar-refractivity contribution in [3.05, 3.63) is 27.9 Å². The van der Waals surface area contributed by atoms with E-state index in [1.165, 1.54) is 12.1 Å². The monoisotopic (exact) mass is 224 g/mol. The number of nitrogens with one attached hydrogen (secondary N) is 1. The molecule has 0 amide bonds. The smallest absolute Gasteiger partial charge is 0.435 e. The molecular formula is C9H8N2O5. The minimum absolute atomic E-state index is 0.213. The molecule has 0 unspecified atom stereocenters. The Morgan fingerprint density at radius 3 is 2.94 bits per heavy atom. The van der Waals surface area contributed by atoms with Crippen LogP contribution in [-0.2, 0) is 4.74 Å². The Morgan fingerprint density at radius 2 is 2.38 bits per heavy atom. The lowest BCUT2D eigenvalue weighted by Crippen LogP contribution is -2.04. The number of hydrogen-bond acceptors (Lipinski definition) is 5. The first-order valence-corrected chi connectivity index (χ1v) is 4.56. The number of H-pyrrole nitrogens is 1. The lowest BCUT2D eigenvalue weighted by molar-refractivity contribution is -0.401. The Hall–Kier alpha value is -2.31. The number of fused-ring (bicyclic) bond motifs is 1. The minimum atomic E-state index is -0.641. The van der Waals surface area contributed by atoms with E-state index in [1.54, 1.807) is 6.92 Å². The second kappa shape index (κ2) is 3.69. The molecule has 0 radical (unpaired) electrons. The van der Waals surface area contributed by atoms with Gasteiger partial charge in [0, 0.05) is 6.07 Å². The molecule has 0 aliphatic heterocycles. The van der Waals surface area contributed by atoms with Crippen LogP contribution in [0.15, 0.2) is 16.5 Å². The van der Waals surface area contributed by atoms with E-state index in [9.17, 15) is 14.9 Å². The highest BCUT2D eigenvalue weighted by Gasteiger charge is 2.18. The van der Waals surface area contributed by atoms with Crippen LogP contribution in [-0.4, -0.2) is 22.5 Å². The molecule has 0 aliphatic carbocycles. The fourth-order valence-corrected chi connectivity index (χ4v) is 1.32. The van der Waals surface area contributed by atoms with Crippen molar-refractivity contribution < 1.29 is 18.9 Å². The molecule has 0 aromatic carbocycles. The average Bonchev–Trinajstić information content (AvgIpc) is 2.73. The molecule has 0 saturated heterocycles. The van der Waals surface area contributed by atoms with Gasteiger partial charge in [-0.05, 0) is 6.92 Å². The highest BCUT2D eigenvalue weighted by atomic mass is 16.6. The number of furan rings is 1. The zero-order valence-electron chi connectivity index (χ0n) is 8.35. The van der Waals surface area contributed by atoms with E-state index in [4.69, 9.17) is 9.15 Å². The molecular weight excluding hydrogens is 216 g/mol. The third-order valence-corrected chi connectivity index (χ3v) is 1.97. The Morgan fingerprint density at radius 1 is 1.62 bits per heavy atom. The van der Waals surface area contributed by atoms with Gasteiger partial charge >= 0.3 is 11.9 Å². The molecule has 2 aromatic rings. The van der Waals surface area contributed by atoms with Crippen LogP contribution in [0, 0.1) is 10.1 Å². The van der Waals surface area contributed by atoms with Crippen LogP contribution in [0.2, 0.25) is 0 Å². The third-order valence-electron chi connectivity index (χ3n) is 1.97. The molecule has 84 valence electrons. The number of rotatable bonds is 3. The first kappa shape index (κ1) is 10.2. The summed E-state index contributed by atoms with van der Waals surface area (Å²) >= 11 is 0. The van der Waals surface area contributed by atoms with Crippen LogP contribution in [0.3, 0.4) is 0 Å². The summed E-state index contributed by atoms with van der Waals surface area (Å²) in [7, 11) is 0. The molecule has 0 aliphatic rings. The molecule has 7 heteroatoms. The highest BCUT2D eigenvalue weighted by Crippen LogP contribution is 2.25. The number of nitrogens with zero attached hydrogens (tertiary/aromatic N) is 1. The van der Waals surface area contributed by atoms with Crippen molar-refractivity contribution in [3.8, 4) is 0 Å². The maximum atomic E-state index is 11.3. The summed E-state index contributed by atoms with van der Waals surface area (Å²) < 4.78 is 9.66. The van der Waals surface area contributed by atoms with E-state index < -0.39 is 10.9 Å². The predicted octanol–water partition coefficient (Wildman–Crippen LogP) is 1.85. The molecule has 2 rings (SSSR count). The molecule has 0 saturated carbocycles. The Labute approximate surface area is 89.1 Å². The first-order valence-electron chi connectivity index (χ1n) is 4.56. The molecule has 0 atom stereocenters. The van der Waals surface area contributed by atoms with Gasteiger partial charge in [0.15, 0.2) is 5.58 Å². The number of hydrogen-bond donors (Lipinski definition) is 1. The van der Waals surface area contributed by atoms with Gasteiger partial charge in [-0.25, -0.2) is 4.79 Å². The summed E-state index contributed by atoms with van der Waals surface area (Å²) in [5.41, 5.74) is 0.870. The van der Waals surface area contributed by atoms with Gasteiger partial charge in [0.05, 0.1) is 18.2 Å². The maximum absolute atomic E-state index is 11.3. The van der Waals surface area contributed by atoms with Gasteiger partial charge in [-0.15, -0.1) is 0 Å². The Balaban J connectivity index is 2.35. The van der Waals surface area contributed by atoms with Crippen molar-refractivity contribution in [2.75, 3.05) is 6.61 Å². The minimum Gasteiger partial charge on any atom is -0.461 e. The second-order valence-electron chi connectivity index (χ2n) is 3.02. The van der Waals surface area contributed by atoms with Gasteiger partial charge in [0.1, 0.15) is 10.6 Å². The van der Waals surface area contributed by atoms with Gasteiger partial charge in [0.25, 0.3) is 0 Å². The van der Waals surface area contributed by atoms with Crippen LogP contribution in [0.1, 0.15) is 17.4 Å². The quantitative estimate of drug-likeness (QED) is 0.487. The van der Waals surface area contributed by atoms with E-state index in [-0.39, 0.29) is 23.8 Å². The molecule has 7 nitrogen and oxygen atoms in total. The van der Waals surface area contributed by atoms with Crippen LogP contribution in [0.5, 0.6) is 0 Å². The van der Waals surface area contributed by atoms with E-state index in [0.29, 0.717) is 5.52 Å². The summed E-state index contributed by atoms with van der Waals surface area (Å²) in [6.45, 7) is 1.95. The van der Waals surface area contributed by atoms with Gasteiger partial charge in [-0.3, -0.25) is 10.1 Å². The number of aromatic amines is 1. The van der Waals surface area contributed by atoms with E-state index in [1.807, 2.05) is 0 Å². The van der Waals surface area contributed by atoms with Crippen molar-refractivity contribution >= 4 is 23.0 Å². The normalized spacial score (nSPS) is 10.6. The summed E-state index contributed by atoms with van der Waals surface area (Å²) in [6, 6.07) is 2.60. The van der Waals surface area contributed by atoms with Crippen LogP contribution in [0.25, 0.3) is 11.1 Å². The summed E-state index contributed by atoms with van der Waals surface area (Å²) in [5, 5.41) is 10.4. The van der Waals surface area contributed by atoms with Crippen LogP contribution in [0.4, 0.5) is 5.88 Å². The molecule has 16 heavy (non-hydrogen) atoms. The average molecular weight is 224 g/mol. The maximum Gasteiger partial charge on any atom is 0.435 e. The Kier molecular flexibility index (Phi) is 2.35. The van der Waals surface area contributed by atoms with E-state index >= 15 is 0 Å². The fraction of sp³-hybridized carbons (Fsp3) is 0.222. The van der Waals surface area contributed by atoms with Gasteiger partial charge in [-0.1, -0.05) is 0 Å². The molecule has 0 spiro atoms. The zero-order chi connectivity index (χ0) is 11.7. The number of aromatic nitrogens is 1. The molecule has 1 N–H and O–H groups in total. The number of esters is 1. The standard InChI is InChI=1S/C9H8N2O5/c1-2-15-9(12)6-3-7-5(10-6)4-8(16-7)11(13)14/h3-4,10H,2H2,1H3. The Bertz CT molecular complexity index is 522. The summed E-state index contributed by atoms with van der Waals surface area (Å²) in [5.74, 6) is -0.881. The van der Waals surface area contributed by atoms with Crippen molar-refractivity contribution in [1.82, 2.24) is 4.98 Å². The van der Waals surface area contributed by atoms with Crippen molar-refractivity contribution in [3.63, 3.8) is 0 Å². The number of carbonyl (C=O) groups is 1. The number of ether oxygens (including phenoxy) is 1. The third kappa shape index (κ3) is 1.62. The lowest BCUT2D eigenvalue weighted by atomic mass is 10.4. The lowest BCUT2D eigenvalue weighted by Gasteiger charge is -1.96. The van der Waals surface area contributed by atoms with Gasteiger partial charge < -0.3 is 14.1 Å². The molecule has 0 bridgehead atoms. The second-order valence-corrected chi connectivity index (χ2v) is 3.02. The zero-order valence-corrected chi connectivity index (χ0v) is 8.35. The largest absolute Gasteiger partial charge is 0.461 e. The highest BCUT2D eigenvalue weighted by molar-refractivity contribution is 5.93. The fourth-order valence-electron chi connectivity index (χ4n) is 1.32. The summed E-state index contributed by atoms with van der Waals surface area (Å²) in [6.07, 6.45) is 0. The van der Waals surface area contributed by atoms with Gasteiger partial charge in [-0.2, -0.15) is 0 Å². The number of carbonyl (C=O) groups excluding carboxylic acids is 1. The van der Waals surface area contributed by atoms with Crippen LogP contribution < -0.4 is 0 Å². The molecule has 0 fully saturated rings. The molecule has 2 heterocycles. The van der Waals surface area contributed by atoms with Crippen molar-refractivity contribution in [1.29, 1.82) is 0 Å². The summed E-state index contributed by atoms with van der Waals surface area (Å²) in [4.78, 5) is 23.7. The number of nitro groups is 1. The van der Waals surface area contributed by atoms with Crippen LogP contribution >= 0.6 is 0 Å². The first-order chi connectivity index (χ1) is 7.61. The SMILES string of the molecule is CCOC(=O)c1cc2oc([N+](=O)[O-])cc2[nH]1. The van der Waals surface area contributed by atoms with E-state index in [2.05, 4.69) is 4.98 Å². The van der Waals surface area contributed by atoms with Gasteiger partial charge in [0.2, 0.25) is 0 Å².